The van der Waals surface area contributed by atoms with Crippen LogP contribution >= 0.6 is 23.2 Å². The van der Waals surface area contributed by atoms with E-state index >= 15 is 0 Å². The summed E-state index contributed by atoms with van der Waals surface area (Å²) in [6.07, 6.45) is 3.54. The lowest BCUT2D eigenvalue weighted by atomic mass is 10.1. The van der Waals surface area contributed by atoms with Crippen LogP contribution in [0, 0.1) is 20.2 Å². The third-order valence-corrected chi connectivity index (χ3v) is 7.52. The van der Waals surface area contributed by atoms with Gasteiger partial charge in [0, 0.05) is 59.3 Å². The minimum absolute atomic E-state index is 0.00429. The Balaban J connectivity index is 2.04. The van der Waals surface area contributed by atoms with Crippen LogP contribution in [0.2, 0.25) is 10.0 Å². The van der Waals surface area contributed by atoms with E-state index in [1.807, 2.05) is 13.8 Å². The number of rotatable bonds is 22. The van der Waals surface area contributed by atoms with E-state index in [2.05, 4.69) is 10.6 Å². The third-order valence-electron chi connectivity index (χ3n) is 7.05. The summed E-state index contributed by atoms with van der Waals surface area (Å²) in [5, 5.41) is 29.3. The van der Waals surface area contributed by atoms with Gasteiger partial charge < -0.3 is 18.9 Å². The van der Waals surface area contributed by atoms with Crippen LogP contribution in [-0.4, -0.2) is 60.5 Å². The third kappa shape index (κ3) is 14.0. The van der Waals surface area contributed by atoms with Gasteiger partial charge in [0.05, 0.1) is 9.85 Å². The van der Waals surface area contributed by atoms with E-state index in [4.69, 9.17) is 42.1 Å². The first-order chi connectivity index (χ1) is 22.9. The number of esters is 2. The van der Waals surface area contributed by atoms with Crippen LogP contribution in [0.4, 0.5) is 11.4 Å². The summed E-state index contributed by atoms with van der Waals surface area (Å²) >= 11 is 12.1. The second kappa shape index (κ2) is 21.1. The number of nitro benzene ring substituents is 2. The van der Waals surface area contributed by atoms with Gasteiger partial charge in [-0.15, -0.1) is 0 Å². The second-order valence-corrected chi connectivity index (χ2v) is 11.6. The number of hydrogen-bond acceptors (Lipinski definition) is 12. The number of nitrogens with zero attached hydrogens (tertiary/aromatic N) is 2. The van der Waals surface area contributed by atoms with E-state index in [0.29, 0.717) is 12.8 Å². The van der Waals surface area contributed by atoms with E-state index in [9.17, 15) is 29.8 Å². The fourth-order valence-corrected chi connectivity index (χ4v) is 4.89. The quantitative estimate of drug-likeness (QED) is 0.0424. The van der Waals surface area contributed by atoms with Gasteiger partial charge in [0.2, 0.25) is 0 Å². The molecule has 14 nitrogen and oxygen atoms in total. The molecule has 0 heterocycles. The normalized spacial score (nSPS) is 13.7. The number of carbonyl (C=O) groups excluding carboxylic acids is 2. The Labute approximate surface area is 289 Å². The summed E-state index contributed by atoms with van der Waals surface area (Å²) in [6.45, 7) is 3.97. The molecule has 0 aliphatic carbocycles. The maximum absolute atomic E-state index is 12.6. The molecule has 0 aliphatic rings. The minimum Gasteiger partial charge on any atom is -0.483 e. The fourth-order valence-electron chi connectivity index (χ4n) is 4.56. The van der Waals surface area contributed by atoms with Crippen molar-refractivity contribution in [3.8, 4) is 11.5 Å². The monoisotopic (exact) mass is 712 g/mol. The molecule has 16 heteroatoms. The zero-order valence-corrected chi connectivity index (χ0v) is 28.8. The molecule has 0 amide bonds. The van der Waals surface area contributed by atoms with Crippen LogP contribution in [-0.2, 0) is 19.1 Å². The summed E-state index contributed by atoms with van der Waals surface area (Å²) in [5.74, 6) is -1.67. The molecule has 2 N–H and O–H groups in total. The highest BCUT2D eigenvalue weighted by molar-refractivity contribution is 6.31. The van der Waals surface area contributed by atoms with Crippen LogP contribution in [0.3, 0.4) is 0 Å². The standard InChI is InChI=1S/C32H42Cl2N4O10/c1-5-7-9-23(45-27-17-21(33)11-13-25(27)37(41)42)19-29(35-3)47-31(39)15-16-32(40)48-30(36-4)20-24(10-8-6-2)46-28-18-22(34)12-14-26(28)38(43)44/h11-18,23-24,29-30,35-36H,5-10,19-20H2,1-4H3/b16-15+. The molecular weight excluding hydrogens is 671 g/mol. The number of nitrogens with one attached hydrogen (secondary N) is 2. The minimum atomic E-state index is -0.852. The molecule has 2 aromatic carbocycles. The molecule has 2 aromatic rings. The molecule has 0 aliphatic heterocycles. The van der Waals surface area contributed by atoms with E-state index in [-0.39, 0.29) is 45.8 Å². The van der Waals surface area contributed by atoms with Gasteiger partial charge in [-0.2, -0.15) is 0 Å². The van der Waals surface area contributed by atoms with Gasteiger partial charge in [0.15, 0.2) is 24.0 Å². The molecule has 0 aromatic heterocycles. The first kappa shape index (κ1) is 40.2. The maximum Gasteiger partial charge on any atom is 0.332 e. The fraction of sp³-hybridized carbons (Fsp3) is 0.500. The average Bonchev–Trinajstić information content (AvgIpc) is 3.04. The zero-order valence-electron chi connectivity index (χ0n) is 27.3. The van der Waals surface area contributed by atoms with Crippen LogP contribution < -0.4 is 20.1 Å². The van der Waals surface area contributed by atoms with Crippen molar-refractivity contribution in [1.29, 1.82) is 0 Å². The number of hydrogen-bond donors (Lipinski definition) is 2. The average molecular weight is 714 g/mol. The number of halogens is 2. The van der Waals surface area contributed by atoms with Gasteiger partial charge in [0.25, 0.3) is 0 Å². The van der Waals surface area contributed by atoms with E-state index in [1.54, 1.807) is 14.1 Å². The molecule has 2 rings (SSSR count). The van der Waals surface area contributed by atoms with Crippen molar-refractivity contribution in [3.63, 3.8) is 0 Å². The maximum atomic E-state index is 12.6. The van der Waals surface area contributed by atoms with Crippen molar-refractivity contribution in [1.82, 2.24) is 10.6 Å². The van der Waals surface area contributed by atoms with E-state index in [1.165, 1.54) is 36.4 Å². The summed E-state index contributed by atoms with van der Waals surface area (Å²) < 4.78 is 22.9. The first-order valence-corrected chi connectivity index (χ1v) is 16.3. The van der Waals surface area contributed by atoms with Crippen molar-refractivity contribution in [2.75, 3.05) is 14.1 Å². The van der Waals surface area contributed by atoms with Crippen LogP contribution in [0.15, 0.2) is 48.6 Å². The smallest absolute Gasteiger partial charge is 0.332 e. The molecule has 48 heavy (non-hydrogen) atoms. The van der Waals surface area contributed by atoms with Crippen molar-refractivity contribution < 1.29 is 38.4 Å². The van der Waals surface area contributed by atoms with Crippen molar-refractivity contribution in [3.05, 3.63) is 78.8 Å². The van der Waals surface area contributed by atoms with Gasteiger partial charge >= 0.3 is 23.3 Å². The van der Waals surface area contributed by atoms with Gasteiger partial charge in [-0.25, -0.2) is 9.59 Å². The Bertz CT molecular complexity index is 1310. The molecule has 0 radical (unpaired) electrons. The Morgan fingerprint density at radius 2 is 1.12 bits per heavy atom. The van der Waals surface area contributed by atoms with Crippen molar-refractivity contribution in [2.24, 2.45) is 0 Å². The SMILES string of the molecule is CCCCC(CC(NC)OC(=O)/C=C/C(=O)OC(CC(CCCC)Oc1cc(Cl)ccc1[N+](=O)[O-])NC)Oc1cc(Cl)ccc1[N+](=O)[O-]. The van der Waals surface area contributed by atoms with E-state index < -0.39 is 46.4 Å². The molecule has 264 valence electrons. The molecule has 0 spiro atoms. The highest BCUT2D eigenvalue weighted by Crippen LogP contribution is 2.33. The van der Waals surface area contributed by atoms with Crippen LogP contribution in [0.5, 0.6) is 11.5 Å². The van der Waals surface area contributed by atoms with Gasteiger partial charge in [0.1, 0.15) is 12.2 Å². The number of benzene rings is 2. The van der Waals surface area contributed by atoms with Crippen LogP contribution in [0.25, 0.3) is 0 Å². The number of nitro groups is 2. The summed E-state index contributed by atoms with van der Waals surface area (Å²) in [6, 6.07) is 8.05. The first-order valence-electron chi connectivity index (χ1n) is 15.6. The number of carbonyl (C=O) groups is 2. The molecule has 4 atom stereocenters. The number of ether oxygens (including phenoxy) is 4. The summed E-state index contributed by atoms with van der Waals surface area (Å²) in [4.78, 5) is 47.1. The number of unbranched alkanes of at least 4 members (excludes halogenated alkanes) is 2. The Morgan fingerprint density at radius 1 is 0.750 bits per heavy atom. The Morgan fingerprint density at radius 3 is 1.44 bits per heavy atom. The molecule has 4 unspecified atom stereocenters. The largest absolute Gasteiger partial charge is 0.483 e. The molecule has 0 saturated carbocycles. The van der Waals surface area contributed by atoms with Gasteiger partial charge in [-0.1, -0.05) is 62.7 Å². The van der Waals surface area contributed by atoms with Crippen LogP contribution in [0.1, 0.15) is 65.2 Å². The molecule has 0 saturated heterocycles. The van der Waals surface area contributed by atoms with E-state index in [0.717, 1.165) is 37.8 Å². The molecule has 0 bridgehead atoms. The summed E-state index contributed by atoms with van der Waals surface area (Å²) in [7, 11) is 3.14. The van der Waals surface area contributed by atoms with Gasteiger partial charge in [-0.05, 0) is 39.1 Å². The topological polar surface area (TPSA) is 181 Å². The lowest BCUT2D eigenvalue weighted by molar-refractivity contribution is -0.386. The van der Waals surface area contributed by atoms with Gasteiger partial charge in [-0.3, -0.25) is 30.9 Å². The highest BCUT2D eigenvalue weighted by Gasteiger charge is 2.25. The Hall–Kier alpha value is -3.98. The molecular formula is C32H42Cl2N4O10. The summed E-state index contributed by atoms with van der Waals surface area (Å²) in [5.41, 5.74) is -0.483. The van der Waals surface area contributed by atoms with Crippen molar-refractivity contribution in [2.45, 2.75) is 89.9 Å². The predicted octanol–water partition coefficient (Wildman–Crippen LogP) is 6.90. The predicted molar refractivity (Wildman–Crippen MR) is 180 cm³/mol. The highest BCUT2D eigenvalue weighted by atomic mass is 35.5. The Kier molecular flexibility index (Phi) is 17.7. The zero-order chi connectivity index (χ0) is 35.6. The lowest BCUT2D eigenvalue weighted by Crippen LogP contribution is -2.36. The second-order valence-electron chi connectivity index (χ2n) is 10.7. The lowest BCUT2D eigenvalue weighted by Gasteiger charge is -2.24. The molecule has 0 fully saturated rings. The van der Waals surface area contributed by atoms with Crippen molar-refractivity contribution >= 4 is 46.5 Å².